The molecule has 96 valence electrons. The molecular formula is C13H17N3O2. The number of nitrogens with zero attached hydrogens (tertiary/aromatic N) is 2. The molecule has 0 aliphatic rings. The van der Waals surface area contributed by atoms with Crippen molar-refractivity contribution in [2.75, 3.05) is 0 Å². The third kappa shape index (κ3) is 2.36. The summed E-state index contributed by atoms with van der Waals surface area (Å²) in [6, 6.07) is 7.34. The summed E-state index contributed by atoms with van der Waals surface area (Å²) in [5, 5.41) is 11.8. The number of aliphatic carboxylic acids is 1. The van der Waals surface area contributed by atoms with Gasteiger partial charge in [-0.05, 0) is 26.0 Å². The predicted molar refractivity (Wildman–Crippen MR) is 69.3 cm³/mol. The molecule has 0 radical (unpaired) electrons. The Balaban J connectivity index is 2.25. The summed E-state index contributed by atoms with van der Waals surface area (Å²) in [6.07, 6.45) is 0. The van der Waals surface area contributed by atoms with Gasteiger partial charge in [0.2, 0.25) is 0 Å². The Kier molecular flexibility index (Phi) is 3.62. The van der Waals surface area contributed by atoms with E-state index in [4.69, 9.17) is 5.11 Å². The largest absolute Gasteiger partial charge is 0.480 e. The zero-order valence-electron chi connectivity index (χ0n) is 10.6. The molecule has 5 heteroatoms. The number of carbonyl (C=O) groups is 1. The smallest absolute Gasteiger partial charge is 0.320 e. The van der Waals surface area contributed by atoms with Crippen LogP contribution in [0.15, 0.2) is 24.3 Å². The van der Waals surface area contributed by atoms with Crippen molar-refractivity contribution in [3.05, 3.63) is 30.1 Å². The zero-order chi connectivity index (χ0) is 13.1. The number of aryl methyl sites for hydroxylation is 1. The molecule has 1 atom stereocenters. The molecule has 0 saturated heterocycles. The molecule has 0 aliphatic carbocycles. The number of imidazole rings is 1. The van der Waals surface area contributed by atoms with Gasteiger partial charge in [-0.25, -0.2) is 4.98 Å². The highest BCUT2D eigenvalue weighted by Crippen LogP contribution is 2.15. The second kappa shape index (κ2) is 5.18. The fraction of sp³-hybridized carbons (Fsp3) is 0.385. The van der Waals surface area contributed by atoms with Crippen LogP contribution in [-0.2, 0) is 17.9 Å². The number of rotatable bonds is 5. The van der Waals surface area contributed by atoms with E-state index in [1.165, 1.54) is 0 Å². The maximum atomic E-state index is 10.8. The molecule has 0 fully saturated rings. The van der Waals surface area contributed by atoms with Crippen LogP contribution in [0.5, 0.6) is 0 Å². The van der Waals surface area contributed by atoms with Gasteiger partial charge in [0.05, 0.1) is 17.6 Å². The highest BCUT2D eigenvalue weighted by Gasteiger charge is 2.13. The number of para-hydroxylation sites is 2. The van der Waals surface area contributed by atoms with Crippen molar-refractivity contribution in [3.8, 4) is 0 Å². The van der Waals surface area contributed by atoms with E-state index in [0.717, 1.165) is 23.4 Å². The van der Waals surface area contributed by atoms with Crippen molar-refractivity contribution in [2.24, 2.45) is 0 Å². The summed E-state index contributed by atoms with van der Waals surface area (Å²) in [7, 11) is 0. The van der Waals surface area contributed by atoms with Crippen molar-refractivity contribution in [1.82, 2.24) is 14.9 Å². The van der Waals surface area contributed by atoms with Gasteiger partial charge in [0.25, 0.3) is 0 Å². The molecule has 18 heavy (non-hydrogen) atoms. The molecule has 0 unspecified atom stereocenters. The van der Waals surface area contributed by atoms with E-state index in [2.05, 4.69) is 21.8 Å². The molecule has 2 aromatic rings. The number of nitrogens with one attached hydrogen (secondary N) is 1. The molecular weight excluding hydrogens is 230 g/mol. The molecule has 5 nitrogen and oxygen atoms in total. The first kappa shape index (κ1) is 12.6. The maximum absolute atomic E-state index is 10.8. The summed E-state index contributed by atoms with van der Waals surface area (Å²) in [5.41, 5.74) is 2.03. The minimum atomic E-state index is -0.853. The SMILES string of the molecule is CCn1c(CN[C@H](C)C(=O)O)nc2ccccc21. The van der Waals surface area contributed by atoms with Crippen LogP contribution in [0.3, 0.4) is 0 Å². The van der Waals surface area contributed by atoms with Crippen molar-refractivity contribution in [2.45, 2.75) is 33.0 Å². The van der Waals surface area contributed by atoms with Gasteiger partial charge in [0.15, 0.2) is 0 Å². The van der Waals surface area contributed by atoms with Gasteiger partial charge in [-0.15, -0.1) is 0 Å². The van der Waals surface area contributed by atoms with E-state index in [0.29, 0.717) is 6.54 Å². The molecule has 0 aliphatic heterocycles. The Morgan fingerprint density at radius 1 is 1.50 bits per heavy atom. The van der Waals surface area contributed by atoms with Crippen LogP contribution < -0.4 is 5.32 Å². The molecule has 1 heterocycles. The van der Waals surface area contributed by atoms with Crippen molar-refractivity contribution >= 4 is 17.0 Å². The lowest BCUT2D eigenvalue weighted by molar-refractivity contribution is -0.139. The van der Waals surface area contributed by atoms with Crippen LogP contribution in [0.4, 0.5) is 0 Å². The lowest BCUT2D eigenvalue weighted by Gasteiger charge is -2.10. The van der Waals surface area contributed by atoms with E-state index in [1.807, 2.05) is 24.3 Å². The van der Waals surface area contributed by atoms with Gasteiger partial charge in [0.1, 0.15) is 11.9 Å². The number of hydrogen-bond acceptors (Lipinski definition) is 3. The number of aromatic nitrogens is 2. The van der Waals surface area contributed by atoms with Gasteiger partial charge in [-0.3, -0.25) is 10.1 Å². The van der Waals surface area contributed by atoms with E-state index in [-0.39, 0.29) is 0 Å². The van der Waals surface area contributed by atoms with Crippen LogP contribution in [0.25, 0.3) is 11.0 Å². The Morgan fingerprint density at radius 2 is 2.22 bits per heavy atom. The Morgan fingerprint density at radius 3 is 2.89 bits per heavy atom. The quantitative estimate of drug-likeness (QED) is 0.842. The van der Waals surface area contributed by atoms with E-state index in [9.17, 15) is 4.79 Å². The van der Waals surface area contributed by atoms with E-state index in [1.54, 1.807) is 6.92 Å². The first-order valence-electron chi connectivity index (χ1n) is 6.03. The first-order chi connectivity index (χ1) is 8.63. The number of hydrogen-bond donors (Lipinski definition) is 2. The zero-order valence-corrected chi connectivity index (χ0v) is 10.6. The van der Waals surface area contributed by atoms with E-state index < -0.39 is 12.0 Å². The van der Waals surface area contributed by atoms with Gasteiger partial charge in [-0.1, -0.05) is 12.1 Å². The van der Waals surface area contributed by atoms with Gasteiger partial charge in [-0.2, -0.15) is 0 Å². The summed E-state index contributed by atoms with van der Waals surface area (Å²) in [6.45, 7) is 4.95. The fourth-order valence-electron chi connectivity index (χ4n) is 1.94. The van der Waals surface area contributed by atoms with Crippen molar-refractivity contribution in [3.63, 3.8) is 0 Å². The third-order valence-corrected chi connectivity index (χ3v) is 2.99. The standard InChI is InChI=1S/C13H17N3O2/c1-3-16-11-7-5-4-6-10(11)15-12(16)8-14-9(2)13(17)18/h4-7,9,14H,3,8H2,1-2H3,(H,17,18)/t9-/m1/s1. The molecule has 2 N–H and O–H groups in total. The second-order valence-electron chi connectivity index (χ2n) is 4.20. The van der Waals surface area contributed by atoms with Crippen molar-refractivity contribution in [1.29, 1.82) is 0 Å². The lowest BCUT2D eigenvalue weighted by Crippen LogP contribution is -2.33. The molecule has 1 aromatic carbocycles. The predicted octanol–water partition coefficient (Wildman–Crippen LogP) is 1.62. The minimum Gasteiger partial charge on any atom is -0.480 e. The monoisotopic (exact) mass is 247 g/mol. The van der Waals surface area contributed by atoms with Crippen molar-refractivity contribution < 1.29 is 9.90 Å². The summed E-state index contributed by atoms with van der Waals surface area (Å²) >= 11 is 0. The summed E-state index contributed by atoms with van der Waals surface area (Å²) < 4.78 is 2.09. The summed E-state index contributed by atoms with van der Waals surface area (Å²) in [5.74, 6) is 0.0148. The number of carboxylic acids is 1. The summed E-state index contributed by atoms with van der Waals surface area (Å²) in [4.78, 5) is 15.3. The normalized spacial score (nSPS) is 12.8. The topological polar surface area (TPSA) is 67.2 Å². The maximum Gasteiger partial charge on any atom is 0.320 e. The average molecular weight is 247 g/mol. The number of carboxylic acid groups (broad SMARTS) is 1. The van der Waals surface area contributed by atoms with Gasteiger partial charge >= 0.3 is 5.97 Å². The Bertz CT molecular complexity index is 562. The first-order valence-corrected chi connectivity index (χ1v) is 6.03. The molecule has 0 amide bonds. The molecule has 0 bridgehead atoms. The third-order valence-electron chi connectivity index (χ3n) is 2.99. The van der Waals surface area contributed by atoms with Crippen LogP contribution in [0.1, 0.15) is 19.7 Å². The van der Waals surface area contributed by atoms with Gasteiger partial charge in [0, 0.05) is 6.54 Å². The molecule has 1 aromatic heterocycles. The molecule has 2 rings (SSSR count). The van der Waals surface area contributed by atoms with Crippen LogP contribution >= 0.6 is 0 Å². The Hall–Kier alpha value is -1.88. The lowest BCUT2D eigenvalue weighted by atomic mass is 10.3. The highest BCUT2D eigenvalue weighted by atomic mass is 16.4. The van der Waals surface area contributed by atoms with E-state index >= 15 is 0 Å². The average Bonchev–Trinajstić information content (AvgIpc) is 2.73. The van der Waals surface area contributed by atoms with Crippen LogP contribution in [0.2, 0.25) is 0 Å². The minimum absolute atomic E-state index is 0.454. The number of benzene rings is 1. The Labute approximate surface area is 105 Å². The molecule has 0 spiro atoms. The van der Waals surface area contributed by atoms with Crippen LogP contribution in [0, 0.1) is 0 Å². The van der Waals surface area contributed by atoms with Crippen LogP contribution in [-0.4, -0.2) is 26.7 Å². The molecule has 0 saturated carbocycles. The fourth-order valence-corrected chi connectivity index (χ4v) is 1.94. The highest BCUT2D eigenvalue weighted by molar-refractivity contribution is 5.76. The number of fused-ring (bicyclic) bond motifs is 1. The van der Waals surface area contributed by atoms with Gasteiger partial charge < -0.3 is 9.67 Å². The second-order valence-corrected chi connectivity index (χ2v) is 4.20.